The summed E-state index contributed by atoms with van der Waals surface area (Å²) in [5, 5.41) is 11.7. The van der Waals surface area contributed by atoms with Crippen LogP contribution in [0.3, 0.4) is 0 Å². The Hall–Kier alpha value is -2.24. The Balaban J connectivity index is 2.68. The Kier molecular flexibility index (Phi) is 6.02. The molecule has 1 atom stereocenters. The maximum absolute atomic E-state index is 12.0. The molecule has 6 nitrogen and oxygen atoms in total. The number of anilines is 1. The number of carboxylic acids is 1. The van der Waals surface area contributed by atoms with Gasteiger partial charge in [0.1, 0.15) is 11.8 Å². The predicted molar refractivity (Wildman–Crippen MR) is 80.7 cm³/mol. The lowest BCUT2D eigenvalue weighted by atomic mass is 10.2. The van der Waals surface area contributed by atoms with Gasteiger partial charge in [0, 0.05) is 12.7 Å². The quantitative estimate of drug-likeness (QED) is 0.845. The number of urea groups is 1. The number of nitrogens with zero attached hydrogens (tertiary/aromatic N) is 1. The molecule has 0 spiro atoms. The zero-order valence-corrected chi connectivity index (χ0v) is 12.8. The van der Waals surface area contributed by atoms with Crippen molar-refractivity contribution < 1.29 is 19.4 Å². The van der Waals surface area contributed by atoms with Crippen LogP contribution in [0.25, 0.3) is 0 Å². The summed E-state index contributed by atoms with van der Waals surface area (Å²) in [6.07, 6.45) is 0.429. The highest BCUT2D eigenvalue weighted by molar-refractivity contribution is 5.92. The van der Waals surface area contributed by atoms with Gasteiger partial charge in [0.25, 0.3) is 0 Å². The van der Waals surface area contributed by atoms with Crippen LogP contribution < -0.4 is 10.1 Å². The van der Waals surface area contributed by atoms with Crippen LogP contribution >= 0.6 is 0 Å². The molecule has 1 aromatic carbocycles. The van der Waals surface area contributed by atoms with Gasteiger partial charge in [0.05, 0.1) is 6.10 Å². The number of nitrogens with one attached hydrogen (secondary N) is 1. The number of carbonyl (C=O) groups excluding carboxylic acids is 1. The van der Waals surface area contributed by atoms with Crippen LogP contribution in [0.1, 0.15) is 27.2 Å². The Morgan fingerprint density at radius 2 is 1.86 bits per heavy atom. The molecular formula is C15H22N2O4. The van der Waals surface area contributed by atoms with Crippen molar-refractivity contribution in [1.82, 2.24) is 4.90 Å². The van der Waals surface area contributed by atoms with E-state index in [0.29, 0.717) is 17.9 Å². The first-order chi connectivity index (χ1) is 9.85. The highest BCUT2D eigenvalue weighted by Crippen LogP contribution is 2.17. The summed E-state index contributed by atoms with van der Waals surface area (Å²) in [6, 6.07) is 5.64. The van der Waals surface area contributed by atoms with Crippen molar-refractivity contribution in [3.63, 3.8) is 0 Å². The summed E-state index contributed by atoms with van der Waals surface area (Å²) in [5.74, 6) is -0.302. The number of aliphatic carboxylic acids is 1. The lowest BCUT2D eigenvalue weighted by molar-refractivity contribution is -0.141. The Morgan fingerprint density at radius 3 is 2.29 bits per heavy atom. The number of carbonyl (C=O) groups is 2. The van der Waals surface area contributed by atoms with E-state index in [4.69, 9.17) is 9.84 Å². The smallest absolute Gasteiger partial charge is 0.326 e. The molecule has 0 saturated carbocycles. The van der Waals surface area contributed by atoms with Gasteiger partial charge in [0.15, 0.2) is 0 Å². The monoisotopic (exact) mass is 294 g/mol. The van der Waals surface area contributed by atoms with E-state index in [0.717, 1.165) is 0 Å². The average Bonchev–Trinajstić information content (AvgIpc) is 2.40. The molecule has 1 aromatic rings. The van der Waals surface area contributed by atoms with E-state index in [2.05, 4.69) is 5.32 Å². The molecule has 1 rings (SSSR count). The van der Waals surface area contributed by atoms with Crippen molar-refractivity contribution in [1.29, 1.82) is 0 Å². The molecule has 116 valence electrons. The molecule has 2 N–H and O–H groups in total. The topological polar surface area (TPSA) is 78.9 Å². The van der Waals surface area contributed by atoms with Gasteiger partial charge in [-0.3, -0.25) is 0 Å². The van der Waals surface area contributed by atoms with Crippen molar-refractivity contribution in [3.8, 4) is 5.75 Å². The zero-order valence-electron chi connectivity index (χ0n) is 12.8. The van der Waals surface area contributed by atoms with E-state index in [1.165, 1.54) is 11.9 Å². The lowest BCUT2D eigenvalue weighted by Gasteiger charge is -2.24. The molecule has 1 unspecified atom stereocenters. The van der Waals surface area contributed by atoms with Gasteiger partial charge in [0.2, 0.25) is 0 Å². The summed E-state index contributed by atoms with van der Waals surface area (Å²) >= 11 is 0. The van der Waals surface area contributed by atoms with Gasteiger partial charge in [-0.05, 0) is 44.5 Å². The van der Waals surface area contributed by atoms with E-state index in [9.17, 15) is 9.59 Å². The van der Waals surface area contributed by atoms with Crippen molar-refractivity contribution in [3.05, 3.63) is 24.3 Å². The van der Waals surface area contributed by atoms with Gasteiger partial charge in [-0.1, -0.05) is 6.92 Å². The van der Waals surface area contributed by atoms with E-state index in [1.807, 2.05) is 13.8 Å². The molecule has 0 bridgehead atoms. The third-order valence-electron chi connectivity index (χ3n) is 2.94. The van der Waals surface area contributed by atoms with Crippen molar-refractivity contribution in [2.75, 3.05) is 12.4 Å². The maximum Gasteiger partial charge on any atom is 0.326 e. The summed E-state index contributed by atoms with van der Waals surface area (Å²) in [7, 11) is 1.47. The van der Waals surface area contributed by atoms with Crippen LogP contribution in [0.15, 0.2) is 24.3 Å². The largest absolute Gasteiger partial charge is 0.491 e. The van der Waals surface area contributed by atoms with Crippen molar-refractivity contribution in [2.24, 2.45) is 0 Å². The number of amides is 2. The molecule has 0 aliphatic rings. The molecular weight excluding hydrogens is 272 g/mol. The summed E-state index contributed by atoms with van der Waals surface area (Å²) in [6.45, 7) is 5.59. The lowest BCUT2D eigenvalue weighted by Crippen LogP contribution is -2.44. The fraction of sp³-hybridized carbons (Fsp3) is 0.467. The molecule has 0 aromatic heterocycles. The van der Waals surface area contributed by atoms with Gasteiger partial charge in [-0.25, -0.2) is 9.59 Å². The summed E-state index contributed by atoms with van der Waals surface area (Å²) in [5.41, 5.74) is 0.586. The number of rotatable bonds is 6. The Bertz CT molecular complexity index is 485. The third kappa shape index (κ3) is 4.98. The fourth-order valence-corrected chi connectivity index (χ4v) is 1.86. The van der Waals surface area contributed by atoms with Gasteiger partial charge in [-0.15, -0.1) is 0 Å². The molecule has 0 radical (unpaired) electrons. The first kappa shape index (κ1) is 16.8. The minimum Gasteiger partial charge on any atom is -0.491 e. The van der Waals surface area contributed by atoms with Crippen LogP contribution in [-0.4, -0.2) is 41.2 Å². The summed E-state index contributed by atoms with van der Waals surface area (Å²) in [4.78, 5) is 24.2. The summed E-state index contributed by atoms with van der Waals surface area (Å²) < 4.78 is 5.51. The molecule has 0 aliphatic carbocycles. The fourth-order valence-electron chi connectivity index (χ4n) is 1.86. The third-order valence-corrected chi connectivity index (χ3v) is 2.94. The van der Waals surface area contributed by atoms with Crippen LogP contribution in [-0.2, 0) is 4.79 Å². The number of carboxylic acid groups (broad SMARTS) is 1. The minimum atomic E-state index is -1.02. The number of ether oxygens (including phenoxy) is 1. The van der Waals surface area contributed by atoms with Crippen LogP contribution in [0.5, 0.6) is 5.75 Å². The number of benzene rings is 1. The molecule has 0 fully saturated rings. The van der Waals surface area contributed by atoms with Crippen LogP contribution in [0, 0.1) is 0 Å². The number of hydrogen-bond donors (Lipinski definition) is 2. The molecule has 0 aliphatic heterocycles. The normalized spacial score (nSPS) is 11.9. The Morgan fingerprint density at radius 1 is 1.29 bits per heavy atom. The average molecular weight is 294 g/mol. The maximum atomic E-state index is 12.0. The molecule has 21 heavy (non-hydrogen) atoms. The van der Waals surface area contributed by atoms with E-state index in [-0.39, 0.29) is 6.10 Å². The van der Waals surface area contributed by atoms with Crippen molar-refractivity contribution >= 4 is 17.7 Å². The first-order valence-electron chi connectivity index (χ1n) is 6.88. The molecule has 2 amide bonds. The van der Waals surface area contributed by atoms with Crippen LogP contribution in [0.2, 0.25) is 0 Å². The molecule has 0 saturated heterocycles. The van der Waals surface area contributed by atoms with E-state index >= 15 is 0 Å². The second-order valence-corrected chi connectivity index (χ2v) is 4.99. The highest BCUT2D eigenvalue weighted by Gasteiger charge is 2.24. The number of hydrogen-bond acceptors (Lipinski definition) is 3. The highest BCUT2D eigenvalue weighted by atomic mass is 16.5. The second kappa shape index (κ2) is 7.52. The predicted octanol–water partition coefficient (Wildman–Crippen LogP) is 2.80. The standard InChI is InChI=1S/C15H22N2O4/c1-5-13(14(18)19)17(4)15(20)16-11-6-8-12(9-7-11)21-10(2)3/h6-10,13H,5H2,1-4H3,(H,16,20)(H,18,19). The zero-order chi connectivity index (χ0) is 16.0. The Labute approximate surface area is 124 Å². The van der Waals surface area contributed by atoms with E-state index < -0.39 is 18.0 Å². The first-order valence-corrected chi connectivity index (χ1v) is 6.88. The SMILES string of the molecule is CCC(C(=O)O)N(C)C(=O)Nc1ccc(OC(C)C)cc1. The van der Waals surface area contributed by atoms with Gasteiger partial charge < -0.3 is 20.1 Å². The number of likely N-dealkylation sites (N-methyl/N-ethyl adjacent to an activating group) is 1. The minimum absolute atomic E-state index is 0.0810. The van der Waals surface area contributed by atoms with Gasteiger partial charge in [-0.2, -0.15) is 0 Å². The second-order valence-electron chi connectivity index (χ2n) is 4.99. The van der Waals surface area contributed by atoms with Crippen LogP contribution in [0.4, 0.5) is 10.5 Å². The van der Waals surface area contributed by atoms with E-state index in [1.54, 1.807) is 31.2 Å². The van der Waals surface area contributed by atoms with Gasteiger partial charge >= 0.3 is 12.0 Å². The molecule has 6 heteroatoms. The van der Waals surface area contributed by atoms with Crippen molar-refractivity contribution in [2.45, 2.75) is 39.3 Å². The molecule has 0 heterocycles.